The van der Waals surface area contributed by atoms with Crippen LogP contribution in [0.15, 0.2) is 21.2 Å². The zero-order valence-electron chi connectivity index (χ0n) is 14.3. The molecular weight excluding hydrogens is 292 g/mol. The fraction of sp³-hybridized carbons (Fsp3) is 0.647. The molecule has 1 unspecified atom stereocenters. The maximum atomic E-state index is 5.65. The Morgan fingerprint density at radius 2 is 1.70 bits per heavy atom. The molecule has 0 saturated carbocycles. The lowest BCUT2D eigenvalue weighted by Gasteiger charge is -2.40. The summed E-state index contributed by atoms with van der Waals surface area (Å²) in [7, 11) is 0. The Labute approximate surface area is 137 Å². The van der Waals surface area contributed by atoms with E-state index in [1.54, 1.807) is 12.4 Å². The molecule has 0 spiro atoms. The highest BCUT2D eigenvalue weighted by molar-refractivity contribution is 4.94. The monoisotopic (exact) mass is 318 g/mol. The van der Waals surface area contributed by atoms with Gasteiger partial charge in [-0.15, -0.1) is 0 Å². The quantitative estimate of drug-likeness (QED) is 0.816. The van der Waals surface area contributed by atoms with Crippen molar-refractivity contribution in [3.63, 3.8) is 0 Å². The smallest absolute Gasteiger partial charge is 0.208 e. The molecular formula is C17H26N4O2. The average molecular weight is 318 g/mol. The molecule has 0 radical (unpaired) electrons. The Balaban J connectivity index is 1.60. The summed E-state index contributed by atoms with van der Waals surface area (Å²) in [5.41, 5.74) is 0. The Morgan fingerprint density at radius 3 is 2.26 bits per heavy atom. The van der Waals surface area contributed by atoms with E-state index in [-0.39, 0.29) is 0 Å². The average Bonchev–Trinajstić information content (AvgIpc) is 3.11. The minimum Gasteiger partial charge on any atom is -0.445 e. The van der Waals surface area contributed by atoms with E-state index in [1.165, 1.54) is 12.8 Å². The van der Waals surface area contributed by atoms with Crippen LogP contribution in [0.3, 0.4) is 0 Å². The van der Waals surface area contributed by atoms with Crippen molar-refractivity contribution in [2.24, 2.45) is 0 Å². The van der Waals surface area contributed by atoms with Gasteiger partial charge in [-0.05, 0) is 20.3 Å². The van der Waals surface area contributed by atoms with Crippen LogP contribution in [0.4, 0.5) is 0 Å². The van der Waals surface area contributed by atoms with E-state index in [9.17, 15) is 0 Å². The van der Waals surface area contributed by atoms with Gasteiger partial charge in [0.2, 0.25) is 11.8 Å². The molecule has 1 fully saturated rings. The number of rotatable bonds is 6. The highest BCUT2D eigenvalue weighted by atomic mass is 16.4. The summed E-state index contributed by atoms with van der Waals surface area (Å²) in [5, 5.41) is 0. The number of aryl methyl sites for hydroxylation is 2. The van der Waals surface area contributed by atoms with Gasteiger partial charge in [0.25, 0.3) is 0 Å². The van der Waals surface area contributed by atoms with Crippen molar-refractivity contribution >= 4 is 0 Å². The van der Waals surface area contributed by atoms with Crippen LogP contribution in [0, 0.1) is 13.8 Å². The van der Waals surface area contributed by atoms with E-state index in [2.05, 4.69) is 26.7 Å². The molecule has 126 valence electrons. The molecule has 1 atom stereocenters. The standard InChI is InChI=1S/C17H26N4O2/c1-4-5-15-10-20(11-16-18-8-13(2)22-16)6-7-21(15)12-17-19-9-14(3)23-17/h8-9,15H,4-7,10-12H2,1-3H3. The van der Waals surface area contributed by atoms with Crippen molar-refractivity contribution in [2.45, 2.75) is 52.7 Å². The second kappa shape index (κ2) is 7.27. The first-order valence-corrected chi connectivity index (χ1v) is 8.43. The van der Waals surface area contributed by atoms with Gasteiger partial charge in [0.05, 0.1) is 25.5 Å². The van der Waals surface area contributed by atoms with Gasteiger partial charge in [-0.25, -0.2) is 9.97 Å². The number of hydrogen-bond donors (Lipinski definition) is 0. The molecule has 2 aromatic heterocycles. The minimum absolute atomic E-state index is 0.525. The predicted molar refractivity (Wildman–Crippen MR) is 86.9 cm³/mol. The molecule has 0 N–H and O–H groups in total. The maximum absolute atomic E-state index is 5.65. The molecule has 0 aliphatic carbocycles. The number of oxazole rings is 2. The zero-order chi connectivity index (χ0) is 16.2. The molecule has 3 rings (SSSR count). The molecule has 0 aromatic carbocycles. The zero-order valence-corrected chi connectivity index (χ0v) is 14.3. The fourth-order valence-electron chi connectivity index (χ4n) is 3.23. The molecule has 1 aliphatic heterocycles. The van der Waals surface area contributed by atoms with Gasteiger partial charge < -0.3 is 8.83 Å². The lowest BCUT2D eigenvalue weighted by molar-refractivity contribution is 0.0486. The Bertz CT molecular complexity index is 622. The normalized spacial score (nSPS) is 20.2. The number of hydrogen-bond acceptors (Lipinski definition) is 6. The van der Waals surface area contributed by atoms with Crippen LogP contribution in [0.2, 0.25) is 0 Å². The first-order chi connectivity index (χ1) is 11.1. The topological polar surface area (TPSA) is 58.5 Å². The summed E-state index contributed by atoms with van der Waals surface area (Å²) >= 11 is 0. The highest BCUT2D eigenvalue weighted by Crippen LogP contribution is 2.19. The first-order valence-electron chi connectivity index (χ1n) is 8.43. The largest absolute Gasteiger partial charge is 0.445 e. The highest BCUT2D eigenvalue weighted by Gasteiger charge is 2.28. The van der Waals surface area contributed by atoms with Crippen molar-refractivity contribution in [1.29, 1.82) is 0 Å². The van der Waals surface area contributed by atoms with Crippen LogP contribution in [0.5, 0.6) is 0 Å². The second-order valence-electron chi connectivity index (χ2n) is 6.38. The van der Waals surface area contributed by atoms with Crippen molar-refractivity contribution in [1.82, 2.24) is 19.8 Å². The first kappa shape index (κ1) is 16.2. The Morgan fingerprint density at radius 1 is 1.04 bits per heavy atom. The van der Waals surface area contributed by atoms with Crippen molar-refractivity contribution in [3.8, 4) is 0 Å². The molecule has 2 aromatic rings. The van der Waals surface area contributed by atoms with E-state index in [4.69, 9.17) is 8.83 Å². The van der Waals surface area contributed by atoms with Gasteiger partial charge in [-0.3, -0.25) is 9.80 Å². The molecule has 0 bridgehead atoms. The lowest BCUT2D eigenvalue weighted by Crippen LogP contribution is -2.52. The SMILES string of the molecule is CCCC1CN(Cc2ncc(C)o2)CCN1Cc1ncc(C)o1. The minimum atomic E-state index is 0.525. The summed E-state index contributed by atoms with van der Waals surface area (Å²) in [5.74, 6) is 3.39. The van der Waals surface area contributed by atoms with Gasteiger partial charge >= 0.3 is 0 Å². The third kappa shape index (κ3) is 4.20. The van der Waals surface area contributed by atoms with Gasteiger partial charge in [0.15, 0.2) is 0 Å². The van der Waals surface area contributed by atoms with Crippen LogP contribution in [-0.2, 0) is 13.1 Å². The molecule has 23 heavy (non-hydrogen) atoms. The maximum Gasteiger partial charge on any atom is 0.208 e. The molecule has 6 nitrogen and oxygen atoms in total. The Hall–Kier alpha value is -1.66. The predicted octanol–water partition coefficient (Wildman–Crippen LogP) is 2.77. The summed E-state index contributed by atoms with van der Waals surface area (Å²) in [4.78, 5) is 13.6. The van der Waals surface area contributed by atoms with Crippen molar-refractivity contribution in [3.05, 3.63) is 35.7 Å². The van der Waals surface area contributed by atoms with Gasteiger partial charge in [-0.1, -0.05) is 13.3 Å². The molecule has 1 saturated heterocycles. The molecule has 6 heteroatoms. The van der Waals surface area contributed by atoms with Gasteiger partial charge in [0.1, 0.15) is 11.5 Å². The van der Waals surface area contributed by atoms with E-state index >= 15 is 0 Å². The van der Waals surface area contributed by atoms with E-state index in [0.29, 0.717) is 6.04 Å². The molecule has 3 heterocycles. The van der Waals surface area contributed by atoms with Gasteiger partial charge in [-0.2, -0.15) is 0 Å². The van der Waals surface area contributed by atoms with E-state index < -0.39 is 0 Å². The van der Waals surface area contributed by atoms with Crippen LogP contribution in [0.1, 0.15) is 43.1 Å². The van der Waals surface area contributed by atoms with E-state index in [0.717, 1.165) is 56.0 Å². The fourth-order valence-corrected chi connectivity index (χ4v) is 3.23. The third-order valence-corrected chi connectivity index (χ3v) is 4.35. The van der Waals surface area contributed by atoms with Crippen molar-refractivity contribution in [2.75, 3.05) is 19.6 Å². The van der Waals surface area contributed by atoms with Gasteiger partial charge in [0, 0.05) is 25.7 Å². The number of piperazine rings is 1. The van der Waals surface area contributed by atoms with Crippen molar-refractivity contribution < 1.29 is 8.83 Å². The lowest BCUT2D eigenvalue weighted by atomic mass is 10.1. The number of nitrogens with zero attached hydrogens (tertiary/aromatic N) is 4. The van der Waals surface area contributed by atoms with E-state index in [1.807, 2.05) is 13.8 Å². The molecule has 1 aliphatic rings. The summed E-state index contributed by atoms with van der Waals surface area (Å²) in [6, 6.07) is 0.525. The summed E-state index contributed by atoms with van der Waals surface area (Å²) in [6.07, 6.45) is 5.95. The summed E-state index contributed by atoms with van der Waals surface area (Å²) in [6.45, 7) is 10.8. The summed E-state index contributed by atoms with van der Waals surface area (Å²) < 4.78 is 11.3. The van der Waals surface area contributed by atoms with Crippen LogP contribution in [0.25, 0.3) is 0 Å². The molecule has 0 amide bonds. The third-order valence-electron chi connectivity index (χ3n) is 4.35. The Kier molecular flexibility index (Phi) is 5.13. The van der Waals surface area contributed by atoms with Crippen LogP contribution >= 0.6 is 0 Å². The van der Waals surface area contributed by atoms with Crippen LogP contribution < -0.4 is 0 Å². The van der Waals surface area contributed by atoms with Crippen LogP contribution in [-0.4, -0.2) is 45.4 Å². The second-order valence-corrected chi connectivity index (χ2v) is 6.38. The number of aromatic nitrogens is 2.